The zero-order valence-corrected chi connectivity index (χ0v) is 10.9. The van der Waals surface area contributed by atoms with E-state index in [0.717, 1.165) is 44.5 Å². The van der Waals surface area contributed by atoms with Crippen molar-refractivity contribution in [2.75, 3.05) is 11.9 Å². The first-order valence-corrected chi connectivity index (χ1v) is 6.72. The summed E-state index contributed by atoms with van der Waals surface area (Å²) >= 11 is 0. The van der Waals surface area contributed by atoms with Crippen LogP contribution in [0.2, 0.25) is 0 Å². The number of amides is 1. The molecular weight excluding hydrogens is 230 g/mol. The summed E-state index contributed by atoms with van der Waals surface area (Å²) in [7, 11) is 0. The molecule has 0 radical (unpaired) electrons. The third kappa shape index (κ3) is 3.84. The molecule has 2 heterocycles. The molecule has 1 saturated heterocycles. The maximum Gasteiger partial charge on any atom is 0.224 e. The minimum absolute atomic E-state index is 0.0431. The van der Waals surface area contributed by atoms with Gasteiger partial charge < -0.3 is 10.1 Å². The number of hydrogen-bond donors (Lipinski definition) is 1. The van der Waals surface area contributed by atoms with Crippen LogP contribution in [0.15, 0.2) is 12.4 Å². The normalized spacial score (nSPS) is 19.1. The molecule has 0 spiro atoms. The molecule has 5 heteroatoms. The molecule has 2 rings (SSSR count). The monoisotopic (exact) mass is 251 g/mol. The van der Waals surface area contributed by atoms with Crippen LogP contribution in [-0.4, -0.2) is 28.4 Å². The van der Waals surface area contributed by atoms with E-state index >= 15 is 0 Å². The molecule has 100 valence electrons. The molecule has 0 bridgehead atoms. The molecule has 0 saturated carbocycles. The lowest BCUT2D eigenvalue weighted by atomic mass is 10.1. The van der Waals surface area contributed by atoms with Gasteiger partial charge in [-0.25, -0.2) is 0 Å². The first-order chi connectivity index (χ1) is 8.78. The van der Waals surface area contributed by atoms with Gasteiger partial charge >= 0.3 is 0 Å². The Morgan fingerprint density at radius 3 is 3.28 bits per heavy atom. The molecule has 1 aliphatic rings. The summed E-state index contributed by atoms with van der Waals surface area (Å²) in [5, 5.41) is 7.04. The van der Waals surface area contributed by atoms with Crippen LogP contribution in [0.25, 0.3) is 0 Å². The molecule has 1 aliphatic heterocycles. The van der Waals surface area contributed by atoms with Crippen molar-refractivity contribution in [2.24, 2.45) is 0 Å². The first kappa shape index (κ1) is 13.1. The van der Waals surface area contributed by atoms with Crippen LogP contribution >= 0.6 is 0 Å². The van der Waals surface area contributed by atoms with Gasteiger partial charge in [0.05, 0.1) is 18.0 Å². The Labute approximate surface area is 108 Å². The number of carbonyl (C=O) groups excluding carboxylic acids is 1. The van der Waals surface area contributed by atoms with Crippen molar-refractivity contribution in [3.63, 3.8) is 0 Å². The van der Waals surface area contributed by atoms with Gasteiger partial charge in [-0.2, -0.15) is 5.10 Å². The predicted octanol–water partition coefficient (Wildman–Crippen LogP) is 2.19. The van der Waals surface area contributed by atoms with Gasteiger partial charge in [0, 0.05) is 25.8 Å². The van der Waals surface area contributed by atoms with E-state index in [1.807, 2.05) is 10.9 Å². The zero-order valence-electron chi connectivity index (χ0n) is 10.9. The summed E-state index contributed by atoms with van der Waals surface area (Å²) in [6, 6.07) is 0. The minimum Gasteiger partial charge on any atom is -0.378 e. The van der Waals surface area contributed by atoms with E-state index in [9.17, 15) is 4.79 Å². The molecule has 18 heavy (non-hydrogen) atoms. The molecule has 1 aromatic heterocycles. The van der Waals surface area contributed by atoms with E-state index in [1.165, 1.54) is 0 Å². The second-order valence-electron chi connectivity index (χ2n) is 4.71. The molecule has 1 atom stereocenters. The maximum absolute atomic E-state index is 11.7. The molecule has 0 aliphatic carbocycles. The van der Waals surface area contributed by atoms with Crippen molar-refractivity contribution < 1.29 is 9.53 Å². The molecule has 1 amide bonds. The van der Waals surface area contributed by atoms with Crippen LogP contribution in [0.4, 0.5) is 5.69 Å². The molecule has 1 N–H and O–H groups in total. The number of rotatable bonds is 6. The van der Waals surface area contributed by atoms with E-state index in [1.54, 1.807) is 6.20 Å². The van der Waals surface area contributed by atoms with Crippen LogP contribution in [0.3, 0.4) is 0 Å². The summed E-state index contributed by atoms with van der Waals surface area (Å²) in [4.78, 5) is 11.7. The Hall–Kier alpha value is -1.36. The third-order valence-electron chi connectivity index (χ3n) is 3.09. The van der Waals surface area contributed by atoms with Crippen LogP contribution in [0, 0.1) is 0 Å². The number of ether oxygens (including phenoxy) is 1. The van der Waals surface area contributed by atoms with Gasteiger partial charge in [0.15, 0.2) is 0 Å². The molecule has 0 unspecified atom stereocenters. The highest BCUT2D eigenvalue weighted by Gasteiger charge is 2.16. The second kappa shape index (κ2) is 6.54. The van der Waals surface area contributed by atoms with Crippen molar-refractivity contribution in [3.8, 4) is 0 Å². The first-order valence-electron chi connectivity index (χ1n) is 6.72. The van der Waals surface area contributed by atoms with Crippen LogP contribution in [-0.2, 0) is 16.1 Å². The Kier molecular flexibility index (Phi) is 4.75. The average Bonchev–Trinajstić information content (AvgIpc) is 2.99. The highest BCUT2D eigenvalue weighted by atomic mass is 16.5. The summed E-state index contributed by atoms with van der Waals surface area (Å²) in [5.41, 5.74) is 0.779. The SMILES string of the molecule is CCCn1cc(NC(=O)CC[C@H]2CCCO2)cn1. The van der Waals surface area contributed by atoms with Crippen LogP contribution in [0.5, 0.6) is 0 Å². The summed E-state index contributed by atoms with van der Waals surface area (Å²) in [5.74, 6) is 0.0431. The van der Waals surface area contributed by atoms with E-state index in [0.29, 0.717) is 6.42 Å². The van der Waals surface area contributed by atoms with Crippen LogP contribution in [0.1, 0.15) is 39.0 Å². The topological polar surface area (TPSA) is 56.2 Å². The van der Waals surface area contributed by atoms with Crippen molar-refractivity contribution in [2.45, 2.75) is 51.7 Å². The second-order valence-corrected chi connectivity index (χ2v) is 4.71. The fraction of sp³-hybridized carbons (Fsp3) is 0.692. The van der Waals surface area contributed by atoms with Crippen LogP contribution < -0.4 is 5.32 Å². The molecule has 1 aromatic rings. The van der Waals surface area contributed by atoms with Gasteiger partial charge in [0.2, 0.25) is 5.91 Å². The quantitative estimate of drug-likeness (QED) is 0.843. The lowest BCUT2D eigenvalue weighted by Crippen LogP contribution is -2.14. The molecule has 5 nitrogen and oxygen atoms in total. The molecule has 0 aromatic carbocycles. The number of hydrogen-bond acceptors (Lipinski definition) is 3. The van der Waals surface area contributed by atoms with Crippen molar-refractivity contribution in [1.29, 1.82) is 0 Å². The van der Waals surface area contributed by atoms with Gasteiger partial charge in [-0.05, 0) is 25.7 Å². The maximum atomic E-state index is 11.7. The van der Waals surface area contributed by atoms with Crippen molar-refractivity contribution in [3.05, 3.63) is 12.4 Å². The predicted molar refractivity (Wildman–Crippen MR) is 69.4 cm³/mol. The van der Waals surface area contributed by atoms with Crippen molar-refractivity contribution in [1.82, 2.24) is 9.78 Å². The smallest absolute Gasteiger partial charge is 0.224 e. The number of nitrogens with one attached hydrogen (secondary N) is 1. The number of aryl methyl sites for hydroxylation is 1. The number of anilines is 1. The standard InChI is InChI=1S/C13H21N3O2/c1-2-7-16-10-11(9-14-16)15-13(17)6-5-12-4-3-8-18-12/h9-10,12H,2-8H2,1H3,(H,15,17)/t12-/m1/s1. The van der Waals surface area contributed by atoms with E-state index in [2.05, 4.69) is 17.3 Å². The summed E-state index contributed by atoms with van der Waals surface area (Å²) < 4.78 is 7.34. The Balaban J connectivity index is 1.72. The van der Waals surface area contributed by atoms with Gasteiger partial charge in [0.25, 0.3) is 0 Å². The van der Waals surface area contributed by atoms with Gasteiger partial charge in [-0.1, -0.05) is 6.92 Å². The molecule has 1 fully saturated rings. The lowest BCUT2D eigenvalue weighted by molar-refractivity contribution is -0.116. The number of aromatic nitrogens is 2. The third-order valence-corrected chi connectivity index (χ3v) is 3.09. The Morgan fingerprint density at radius 1 is 1.67 bits per heavy atom. The summed E-state index contributed by atoms with van der Waals surface area (Å²) in [6.45, 7) is 3.82. The van der Waals surface area contributed by atoms with E-state index in [-0.39, 0.29) is 12.0 Å². The number of carbonyl (C=O) groups is 1. The van der Waals surface area contributed by atoms with Gasteiger partial charge in [0.1, 0.15) is 0 Å². The van der Waals surface area contributed by atoms with Gasteiger partial charge in [-0.3, -0.25) is 9.48 Å². The lowest BCUT2D eigenvalue weighted by Gasteiger charge is -2.08. The minimum atomic E-state index is 0.0431. The van der Waals surface area contributed by atoms with E-state index in [4.69, 9.17) is 4.74 Å². The highest BCUT2D eigenvalue weighted by Crippen LogP contribution is 2.17. The number of nitrogens with zero attached hydrogens (tertiary/aromatic N) is 2. The molecular formula is C13H21N3O2. The van der Waals surface area contributed by atoms with E-state index < -0.39 is 0 Å². The Morgan fingerprint density at radius 2 is 2.56 bits per heavy atom. The largest absolute Gasteiger partial charge is 0.378 e. The van der Waals surface area contributed by atoms with Gasteiger partial charge in [-0.15, -0.1) is 0 Å². The average molecular weight is 251 g/mol. The summed E-state index contributed by atoms with van der Waals surface area (Å²) in [6.07, 6.45) is 8.41. The zero-order chi connectivity index (χ0) is 12.8. The van der Waals surface area contributed by atoms with Crippen molar-refractivity contribution >= 4 is 11.6 Å². The fourth-order valence-electron chi connectivity index (χ4n) is 2.17. The fourth-order valence-corrected chi connectivity index (χ4v) is 2.17. The highest BCUT2D eigenvalue weighted by molar-refractivity contribution is 5.90. The Bertz CT molecular complexity index is 383.